The van der Waals surface area contributed by atoms with E-state index in [9.17, 15) is 9.90 Å². The Morgan fingerprint density at radius 2 is 1.73 bits per heavy atom. The molecule has 1 aliphatic carbocycles. The highest BCUT2D eigenvalue weighted by molar-refractivity contribution is 6.23. The molecule has 4 rings (SSSR count). The van der Waals surface area contributed by atoms with Crippen molar-refractivity contribution < 1.29 is 9.90 Å². The molecule has 0 atom stereocenters. The number of nitrogens with one attached hydrogen (secondary N) is 1. The van der Waals surface area contributed by atoms with Crippen LogP contribution in [0.25, 0.3) is 21.7 Å². The molecule has 0 bridgehead atoms. The molecule has 2 aromatic carbocycles. The van der Waals surface area contributed by atoms with Gasteiger partial charge in [-0.2, -0.15) is 5.10 Å². The molecule has 2 N–H and O–H groups in total. The summed E-state index contributed by atoms with van der Waals surface area (Å²) in [6.45, 7) is 6.03. The highest BCUT2D eigenvalue weighted by atomic mass is 16.3. The van der Waals surface area contributed by atoms with Gasteiger partial charge in [0, 0.05) is 23.6 Å². The van der Waals surface area contributed by atoms with Crippen LogP contribution in [0.5, 0.6) is 0 Å². The normalized spacial score (nSPS) is 17.0. The number of nitrogens with zero attached hydrogens (tertiary/aromatic N) is 2. The highest BCUT2D eigenvalue weighted by Gasteiger charge is 2.34. The summed E-state index contributed by atoms with van der Waals surface area (Å²) in [5.74, 6) is 0.734. The zero-order chi connectivity index (χ0) is 21.3. The van der Waals surface area contributed by atoms with Crippen molar-refractivity contribution >= 4 is 39.0 Å². The van der Waals surface area contributed by atoms with Gasteiger partial charge in [0.25, 0.3) is 0 Å². The Hall–Kier alpha value is -3.21. The Morgan fingerprint density at radius 3 is 2.43 bits per heavy atom. The number of rotatable bonds is 5. The first-order valence-electron chi connectivity index (χ1n) is 10.5. The largest absolute Gasteiger partial charge is 0.511 e. The summed E-state index contributed by atoms with van der Waals surface area (Å²) in [6.07, 6.45) is 2.31. The average molecular weight is 402 g/mol. The van der Waals surface area contributed by atoms with E-state index >= 15 is 0 Å². The minimum absolute atomic E-state index is 0.0471. The molecular formula is C25H27N3O2. The van der Waals surface area contributed by atoms with Crippen LogP contribution >= 0.6 is 0 Å². The third-order valence-electron chi connectivity index (χ3n) is 5.53. The first-order valence-corrected chi connectivity index (χ1v) is 10.5. The SMILES string of the molecule is CCCC(=NNc1nc2ccccc2c2ccccc12)C1=C(O)CC(C)(C)CC1=O. The van der Waals surface area contributed by atoms with E-state index in [0.29, 0.717) is 36.4 Å². The van der Waals surface area contributed by atoms with Crippen LogP contribution in [0.1, 0.15) is 46.5 Å². The number of ketones is 1. The molecule has 0 aliphatic heterocycles. The van der Waals surface area contributed by atoms with E-state index in [4.69, 9.17) is 4.98 Å². The number of aliphatic hydroxyl groups is 1. The number of carbonyl (C=O) groups is 1. The van der Waals surface area contributed by atoms with Gasteiger partial charge >= 0.3 is 0 Å². The molecule has 0 saturated heterocycles. The third-order valence-corrected chi connectivity index (χ3v) is 5.53. The molecule has 0 saturated carbocycles. The first kappa shape index (κ1) is 20.1. The molecule has 3 aromatic rings. The van der Waals surface area contributed by atoms with E-state index in [1.807, 2.05) is 57.2 Å². The van der Waals surface area contributed by atoms with Crippen molar-refractivity contribution in [2.45, 2.75) is 46.5 Å². The van der Waals surface area contributed by atoms with Crippen molar-refractivity contribution in [1.82, 2.24) is 4.98 Å². The fourth-order valence-corrected chi connectivity index (χ4v) is 4.20. The minimum Gasteiger partial charge on any atom is -0.511 e. The Morgan fingerprint density at radius 1 is 1.07 bits per heavy atom. The van der Waals surface area contributed by atoms with Crippen molar-refractivity contribution in [3.05, 3.63) is 59.9 Å². The number of hydrazone groups is 1. The summed E-state index contributed by atoms with van der Waals surface area (Å²) in [6, 6.07) is 16.1. The lowest BCUT2D eigenvalue weighted by atomic mass is 9.75. The fourth-order valence-electron chi connectivity index (χ4n) is 4.20. The van der Waals surface area contributed by atoms with Crippen LogP contribution in [0, 0.1) is 5.41 Å². The Kier molecular flexibility index (Phi) is 5.29. The molecule has 0 fully saturated rings. The molecule has 5 heteroatoms. The second-order valence-corrected chi connectivity index (χ2v) is 8.71. The van der Waals surface area contributed by atoms with Gasteiger partial charge in [0.1, 0.15) is 5.76 Å². The van der Waals surface area contributed by atoms with E-state index in [2.05, 4.69) is 22.7 Å². The van der Waals surface area contributed by atoms with E-state index < -0.39 is 0 Å². The van der Waals surface area contributed by atoms with Crippen LogP contribution in [0.2, 0.25) is 0 Å². The summed E-state index contributed by atoms with van der Waals surface area (Å²) < 4.78 is 0. The molecule has 30 heavy (non-hydrogen) atoms. The van der Waals surface area contributed by atoms with Gasteiger partial charge in [0.15, 0.2) is 11.6 Å². The van der Waals surface area contributed by atoms with Crippen molar-refractivity contribution in [3.8, 4) is 0 Å². The number of anilines is 1. The lowest BCUT2D eigenvalue weighted by molar-refractivity contribution is -0.117. The smallest absolute Gasteiger partial charge is 0.168 e. The maximum Gasteiger partial charge on any atom is 0.168 e. The van der Waals surface area contributed by atoms with Gasteiger partial charge in [0.05, 0.1) is 16.8 Å². The Labute approximate surface area is 176 Å². The second kappa shape index (κ2) is 7.90. The maximum atomic E-state index is 12.8. The molecule has 154 valence electrons. The van der Waals surface area contributed by atoms with E-state index in [1.54, 1.807) is 0 Å². The average Bonchev–Trinajstić information content (AvgIpc) is 2.70. The van der Waals surface area contributed by atoms with Crippen molar-refractivity contribution in [1.29, 1.82) is 0 Å². The summed E-state index contributed by atoms with van der Waals surface area (Å²) in [5.41, 5.74) is 4.71. The number of aromatic nitrogens is 1. The van der Waals surface area contributed by atoms with Gasteiger partial charge in [-0.05, 0) is 23.3 Å². The number of para-hydroxylation sites is 1. The number of aliphatic hydroxyl groups excluding tert-OH is 1. The number of fused-ring (bicyclic) bond motifs is 3. The standard InChI is InChI=1S/C25H27N3O2/c1-4-9-20(23-21(29)14-25(2,3)15-22(23)30)27-28-24-18-12-6-5-10-16(18)17-11-7-8-13-19(17)26-24/h5-8,10-13,29H,4,9,14-15H2,1-3H3,(H,26,28). The van der Waals surface area contributed by atoms with E-state index in [0.717, 1.165) is 28.1 Å². The van der Waals surface area contributed by atoms with Crippen LogP contribution in [0.15, 0.2) is 65.0 Å². The molecule has 0 radical (unpaired) electrons. The van der Waals surface area contributed by atoms with E-state index in [-0.39, 0.29) is 17.0 Å². The zero-order valence-corrected chi connectivity index (χ0v) is 17.7. The number of allylic oxidation sites excluding steroid dienone is 2. The molecule has 5 nitrogen and oxygen atoms in total. The predicted molar refractivity (Wildman–Crippen MR) is 123 cm³/mol. The summed E-state index contributed by atoms with van der Waals surface area (Å²) in [4.78, 5) is 17.6. The summed E-state index contributed by atoms with van der Waals surface area (Å²) in [5, 5.41) is 18.3. The van der Waals surface area contributed by atoms with Crippen LogP contribution in [0.4, 0.5) is 5.82 Å². The number of pyridine rings is 1. The van der Waals surface area contributed by atoms with E-state index in [1.165, 1.54) is 0 Å². The van der Waals surface area contributed by atoms with Gasteiger partial charge < -0.3 is 5.11 Å². The monoisotopic (exact) mass is 401 g/mol. The van der Waals surface area contributed by atoms with Crippen LogP contribution in [0.3, 0.4) is 0 Å². The van der Waals surface area contributed by atoms with Gasteiger partial charge in [-0.15, -0.1) is 0 Å². The highest BCUT2D eigenvalue weighted by Crippen LogP contribution is 2.37. The number of hydrogen-bond donors (Lipinski definition) is 2. The van der Waals surface area contributed by atoms with Crippen molar-refractivity contribution in [2.24, 2.45) is 10.5 Å². The molecular weight excluding hydrogens is 374 g/mol. The van der Waals surface area contributed by atoms with Crippen LogP contribution in [-0.4, -0.2) is 21.6 Å². The molecule has 0 spiro atoms. The quantitative estimate of drug-likeness (QED) is 0.305. The molecule has 1 heterocycles. The van der Waals surface area contributed by atoms with Gasteiger partial charge in [-0.25, -0.2) is 4.98 Å². The van der Waals surface area contributed by atoms with Crippen LogP contribution < -0.4 is 5.43 Å². The van der Waals surface area contributed by atoms with Crippen molar-refractivity contribution in [3.63, 3.8) is 0 Å². The second-order valence-electron chi connectivity index (χ2n) is 8.71. The van der Waals surface area contributed by atoms with Crippen LogP contribution in [-0.2, 0) is 4.79 Å². The summed E-state index contributed by atoms with van der Waals surface area (Å²) in [7, 11) is 0. The molecule has 1 aliphatic rings. The Bertz CT molecular complexity index is 1190. The number of carbonyl (C=O) groups excluding carboxylic acids is 1. The zero-order valence-electron chi connectivity index (χ0n) is 17.7. The molecule has 0 amide bonds. The number of Topliss-reactive ketones (excluding diaryl/α,β-unsaturated/α-hetero) is 1. The number of benzene rings is 2. The predicted octanol–water partition coefficient (Wildman–Crippen LogP) is 6.16. The lowest BCUT2D eigenvalue weighted by Gasteiger charge is -2.29. The third kappa shape index (κ3) is 3.80. The van der Waals surface area contributed by atoms with Crippen molar-refractivity contribution in [2.75, 3.05) is 5.43 Å². The number of hydrogen-bond acceptors (Lipinski definition) is 5. The first-order chi connectivity index (χ1) is 14.4. The molecule has 1 aromatic heterocycles. The fraction of sp³-hybridized carbons (Fsp3) is 0.320. The lowest BCUT2D eigenvalue weighted by Crippen LogP contribution is -2.29. The Balaban J connectivity index is 1.79. The van der Waals surface area contributed by atoms with Gasteiger partial charge in [-0.3, -0.25) is 10.2 Å². The minimum atomic E-state index is -0.231. The van der Waals surface area contributed by atoms with Gasteiger partial charge in [0.2, 0.25) is 0 Å². The summed E-state index contributed by atoms with van der Waals surface area (Å²) >= 11 is 0. The molecule has 0 unspecified atom stereocenters. The topological polar surface area (TPSA) is 74.6 Å². The maximum absolute atomic E-state index is 12.8. The van der Waals surface area contributed by atoms with Gasteiger partial charge in [-0.1, -0.05) is 69.7 Å².